The zero-order chi connectivity index (χ0) is 13.4. The van der Waals surface area contributed by atoms with E-state index in [0.29, 0.717) is 17.7 Å². The summed E-state index contributed by atoms with van der Waals surface area (Å²) in [4.78, 5) is 0. The Morgan fingerprint density at radius 3 is 2.95 bits per heavy atom. The molecule has 1 atom stereocenters. The van der Waals surface area contributed by atoms with Gasteiger partial charge in [0.15, 0.2) is 0 Å². The molecule has 2 nitrogen and oxygen atoms in total. The van der Waals surface area contributed by atoms with E-state index in [9.17, 15) is 4.39 Å². The third-order valence-corrected chi connectivity index (χ3v) is 3.63. The molecule has 2 aromatic carbocycles. The second-order valence-corrected chi connectivity index (χ2v) is 4.92. The molecule has 3 heteroatoms. The molecule has 0 fully saturated rings. The molecule has 0 amide bonds. The molecule has 1 aliphatic rings. The normalized spacial score (nSPS) is 14.9. The molecule has 2 N–H and O–H groups in total. The maximum atomic E-state index is 14.1. The highest BCUT2D eigenvalue weighted by atomic mass is 19.1. The van der Waals surface area contributed by atoms with E-state index in [-0.39, 0.29) is 5.82 Å². The van der Waals surface area contributed by atoms with Crippen LogP contribution in [0.5, 0.6) is 5.75 Å². The number of hydrogen-bond acceptors (Lipinski definition) is 2. The molecule has 98 valence electrons. The molecule has 0 saturated carbocycles. The number of halogens is 1. The van der Waals surface area contributed by atoms with E-state index < -0.39 is 6.04 Å². The van der Waals surface area contributed by atoms with E-state index in [1.54, 1.807) is 19.1 Å². The minimum Gasteiger partial charge on any atom is -0.493 e. The first-order valence-electron chi connectivity index (χ1n) is 6.43. The molecule has 1 unspecified atom stereocenters. The lowest BCUT2D eigenvalue weighted by molar-refractivity contribution is 0.357. The van der Waals surface area contributed by atoms with Crippen LogP contribution < -0.4 is 10.5 Å². The van der Waals surface area contributed by atoms with Gasteiger partial charge in [0.05, 0.1) is 12.6 Å². The SMILES string of the molecule is Cc1cccc(C(N)c2ccc3c(c2)CCO3)c1F. The summed E-state index contributed by atoms with van der Waals surface area (Å²) in [6.07, 6.45) is 0.895. The van der Waals surface area contributed by atoms with Crippen LogP contribution in [-0.2, 0) is 6.42 Å². The van der Waals surface area contributed by atoms with Gasteiger partial charge in [-0.15, -0.1) is 0 Å². The van der Waals surface area contributed by atoms with Crippen molar-refractivity contribution in [1.29, 1.82) is 0 Å². The maximum Gasteiger partial charge on any atom is 0.131 e. The van der Waals surface area contributed by atoms with Gasteiger partial charge in [0, 0.05) is 12.0 Å². The highest BCUT2D eigenvalue weighted by molar-refractivity contribution is 5.43. The van der Waals surface area contributed by atoms with Gasteiger partial charge in [-0.3, -0.25) is 0 Å². The lowest BCUT2D eigenvalue weighted by atomic mass is 9.95. The fourth-order valence-corrected chi connectivity index (χ4v) is 2.49. The second kappa shape index (κ2) is 4.67. The van der Waals surface area contributed by atoms with Crippen molar-refractivity contribution in [2.45, 2.75) is 19.4 Å². The molecule has 0 aromatic heterocycles. The van der Waals surface area contributed by atoms with Crippen molar-refractivity contribution in [1.82, 2.24) is 0 Å². The van der Waals surface area contributed by atoms with Crippen molar-refractivity contribution in [2.24, 2.45) is 5.73 Å². The van der Waals surface area contributed by atoms with Crippen LogP contribution >= 0.6 is 0 Å². The Labute approximate surface area is 112 Å². The summed E-state index contributed by atoms with van der Waals surface area (Å²) in [5.41, 5.74) is 9.44. The summed E-state index contributed by atoms with van der Waals surface area (Å²) in [5.74, 6) is 0.701. The van der Waals surface area contributed by atoms with Gasteiger partial charge in [-0.1, -0.05) is 30.3 Å². The molecule has 2 aromatic rings. The summed E-state index contributed by atoms with van der Waals surface area (Å²) < 4.78 is 19.6. The van der Waals surface area contributed by atoms with E-state index >= 15 is 0 Å². The van der Waals surface area contributed by atoms with Gasteiger partial charge in [0.2, 0.25) is 0 Å². The van der Waals surface area contributed by atoms with Crippen LogP contribution in [-0.4, -0.2) is 6.61 Å². The monoisotopic (exact) mass is 257 g/mol. The number of hydrogen-bond donors (Lipinski definition) is 1. The lowest BCUT2D eigenvalue weighted by Crippen LogP contribution is -2.14. The van der Waals surface area contributed by atoms with Gasteiger partial charge in [-0.2, -0.15) is 0 Å². The predicted molar refractivity (Wildman–Crippen MR) is 72.8 cm³/mol. The first-order valence-corrected chi connectivity index (χ1v) is 6.43. The number of ether oxygens (including phenoxy) is 1. The summed E-state index contributed by atoms with van der Waals surface area (Å²) in [5, 5.41) is 0. The van der Waals surface area contributed by atoms with Gasteiger partial charge in [0.1, 0.15) is 11.6 Å². The van der Waals surface area contributed by atoms with Crippen LogP contribution in [0.25, 0.3) is 0 Å². The molecule has 1 aliphatic heterocycles. The molecular weight excluding hydrogens is 241 g/mol. The van der Waals surface area contributed by atoms with Crippen LogP contribution in [0.1, 0.15) is 28.3 Å². The highest BCUT2D eigenvalue weighted by Crippen LogP contribution is 2.30. The third-order valence-electron chi connectivity index (χ3n) is 3.63. The zero-order valence-electron chi connectivity index (χ0n) is 10.8. The third kappa shape index (κ3) is 2.10. The predicted octanol–water partition coefficient (Wildman–Crippen LogP) is 3.12. The van der Waals surface area contributed by atoms with E-state index in [1.807, 2.05) is 24.3 Å². The second-order valence-electron chi connectivity index (χ2n) is 4.92. The van der Waals surface area contributed by atoms with Crippen molar-refractivity contribution < 1.29 is 9.13 Å². The van der Waals surface area contributed by atoms with Gasteiger partial charge >= 0.3 is 0 Å². The minimum absolute atomic E-state index is 0.216. The number of benzene rings is 2. The Kier molecular flexibility index (Phi) is 2.99. The number of rotatable bonds is 2. The summed E-state index contributed by atoms with van der Waals surface area (Å²) in [6.45, 7) is 2.47. The first kappa shape index (κ1) is 12.2. The Hall–Kier alpha value is -1.87. The standard InChI is InChI=1S/C16H16FNO/c1-10-3-2-4-13(15(10)17)16(18)12-5-6-14-11(9-12)7-8-19-14/h2-6,9,16H,7-8,18H2,1H3. The molecule has 0 saturated heterocycles. The quantitative estimate of drug-likeness (QED) is 0.897. The van der Waals surface area contributed by atoms with E-state index in [4.69, 9.17) is 10.5 Å². The molecule has 3 rings (SSSR count). The Balaban J connectivity index is 2.00. The van der Waals surface area contributed by atoms with E-state index in [2.05, 4.69) is 0 Å². The fraction of sp³-hybridized carbons (Fsp3) is 0.250. The molecule has 0 spiro atoms. The van der Waals surface area contributed by atoms with Crippen LogP contribution in [0.2, 0.25) is 0 Å². The van der Waals surface area contributed by atoms with E-state index in [0.717, 1.165) is 23.3 Å². The molecule has 1 heterocycles. The number of aryl methyl sites for hydroxylation is 1. The van der Waals surface area contributed by atoms with Gasteiger partial charge < -0.3 is 10.5 Å². The summed E-state index contributed by atoms with van der Waals surface area (Å²) in [6, 6.07) is 10.8. The molecule has 0 radical (unpaired) electrons. The minimum atomic E-state index is -0.439. The molecular formula is C16H16FNO. The Morgan fingerprint density at radius 2 is 2.11 bits per heavy atom. The molecule has 0 aliphatic carbocycles. The van der Waals surface area contributed by atoms with Crippen molar-refractivity contribution in [3.05, 3.63) is 64.5 Å². The smallest absolute Gasteiger partial charge is 0.131 e. The van der Waals surface area contributed by atoms with Crippen molar-refractivity contribution in [2.75, 3.05) is 6.61 Å². The average molecular weight is 257 g/mol. The Morgan fingerprint density at radius 1 is 1.26 bits per heavy atom. The van der Waals surface area contributed by atoms with Crippen LogP contribution in [0.15, 0.2) is 36.4 Å². The first-order chi connectivity index (χ1) is 9.16. The topological polar surface area (TPSA) is 35.2 Å². The fourth-order valence-electron chi connectivity index (χ4n) is 2.49. The highest BCUT2D eigenvalue weighted by Gasteiger charge is 2.18. The molecule has 0 bridgehead atoms. The van der Waals surface area contributed by atoms with Crippen LogP contribution in [0.3, 0.4) is 0 Å². The van der Waals surface area contributed by atoms with E-state index in [1.165, 1.54) is 0 Å². The zero-order valence-corrected chi connectivity index (χ0v) is 10.8. The number of fused-ring (bicyclic) bond motifs is 1. The van der Waals surface area contributed by atoms with Gasteiger partial charge in [0.25, 0.3) is 0 Å². The van der Waals surface area contributed by atoms with Crippen molar-refractivity contribution in [3.63, 3.8) is 0 Å². The summed E-state index contributed by atoms with van der Waals surface area (Å²) in [7, 11) is 0. The largest absolute Gasteiger partial charge is 0.493 e. The van der Waals surface area contributed by atoms with Crippen LogP contribution in [0.4, 0.5) is 4.39 Å². The summed E-state index contributed by atoms with van der Waals surface area (Å²) >= 11 is 0. The van der Waals surface area contributed by atoms with Crippen molar-refractivity contribution >= 4 is 0 Å². The van der Waals surface area contributed by atoms with Gasteiger partial charge in [-0.25, -0.2) is 4.39 Å². The average Bonchev–Trinajstić information content (AvgIpc) is 2.88. The lowest BCUT2D eigenvalue weighted by Gasteiger charge is -2.15. The Bertz CT molecular complexity index is 624. The maximum absolute atomic E-state index is 14.1. The van der Waals surface area contributed by atoms with Crippen molar-refractivity contribution in [3.8, 4) is 5.75 Å². The van der Waals surface area contributed by atoms with Gasteiger partial charge in [-0.05, 0) is 29.7 Å². The van der Waals surface area contributed by atoms with Crippen LogP contribution in [0, 0.1) is 12.7 Å². The number of nitrogens with two attached hydrogens (primary N) is 1. The molecule has 19 heavy (non-hydrogen) atoms.